The zero-order valence-corrected chi connectivity index (χ0v) is 15.8. The lowest BCUT2D eigenvalue weighted by atomic mass is 10.1. The Hall–Kier alpha value is -3.23. The molecule has 5 nitrogen and oxygen atoms in total. The maximum atomic E-state index is 12.5. The van der Waals surface area contributed by atoms with E-state index in [4.69, 9.17) is 21.1 Å². The van der Waals surface area contributed by atoms with Crippen LogP contribution in [0.1, 0.15) is 11.1 Å². The summed E-state index contributed by atoms with van der Waals surface area (Å²) in [4.78, 5) is 12.5. The Balaban J connectivity index is 2.34. The number of carbonyl (C=O) groups excluding carboxylic acids is 1. The van der Waals surface area contributed by atoms with Gasteiger partial charge in [0.2, 0.25) is 0 Å². The molecule has 2 rings (SSSR count). The highest BCUT2D eigenvalue weighted by Gasteiger charge is 2.13. The second kappa shape index (κ2) is 9.46. The van der Waals surface area contributed by atoms with E-state index < -0.39 is 5.91 Å². The molecule has 2 aromatic carbocycles. The lowest BCUT2D eigenvalue weighted by molar-refractivity contribution is -0.112. The Morgan fingerprint density at radius 2 is 2.15 bits per heavy atom. The number of rotatable bonds is 7. The van der Waals surface area contributed by atoms with Gasteiger partial charge in [0.1, 0.15) is 29.7 Å². The lowest BCUT2D eigenvalue weighted by Crippen LogP contribution is -2.14. The van der Waals surface area contributed by atoms with E-state index in [9.17, 15) is 10.1 Å². The molecule has 2 aromatic rings. The summed E-state index contributed by atoms with van der Waals surface area (Å²) < 4.78 is 10.8. The smallest absolute Gasteiger partial charge is 0.266 e. The van der Waals surface area contributed by atoms with Gasteiger partial charge in [-0.25, -0.2) is 0 Å². The van der Waals surface area contributed by atoms with Gasteiger partial charge in [0.25, 0.3) is 5.91 Å². The zero-order valence-electron chi connectivity index (χ0n) is 15.1. The summed E-state index contributed by atoms with van der Waals surface area (Å²) in [5.41, 5.74) is 1.78. The van der Waals surface area contributed by atoms with Gasteiger partial charge in [-0.15, -0.1) is 0 Å². The van der Waals surface area contributed by atoms with Crippen molar-refractivity contribution < 1.29 is 14.3 Å². The number of benzene rings is 2. The molecule has 0 aliphatic carbocycles. The summed E-state index contributed by atoms with van der Waals surface area (Å²) in [5, 5.41) is 12.7. The highest BCUT2D eigenvalue weighted by atomic mass is 35.5. The predicted molar refractivity (Wildman–Crippen MR) is 107 cm³/mol. The fraction of sp³-hybridized carbons (Fsp3) is 0.143. The van der Waals surface area contributed by atoms with Gasteiger partial charge in [-0.05, 0) is 42.8 Å². The van der Waals surface area contributed by atoms with Crippen molar-refractivity contribution >= 4 is 29.3 Å². The second-order valence-corrected chi connectivity index (χ2v) is 5.95. The van der Waals surface area contributed by atoms with Crippen LogP contribution in [0.25, 0.3) is 6.08 Å². The SMILES string of the molecule is C=CCOc1cc(OC)ccc1/C=C(\C#N)C(=O)Nc1cccc(Cl)c1C. The molecule has 0 heterocycles. The first-order valence-electron chi connectivity index (χ1n) is 8.10. The Kier molecular flexibility index (Phi) is 7.04. The number of nitriles is 1. The van der Waals surface area contributed by atoms with Crippen molar-refractivity contribution in [1.29, 1.82) is 5.26 Å². The number of methoxy groups -OCH3 is 1. The molecule has 0 aliphatic rings. The van der Waals surface area contributed by atoms with Gasteiger partial charge in [0, 0.05) is 22.3 Å². The van der Waals surface area contributed by atoms with Gasteiger partial charge in [-0.3, -0.25) is 4.79 Å². The van der Waals surface area contributed by atoms with Crippen LogP contribution in [0.4, 0.5) is 5.69 Å². The maximum Gasteiger partial charge on any atom is 0.266 e. The van der Waals surface area contributed by atoms with Crippen molar-refractivity contribution in [2.75, 3.05) is 19.0 Å². The first kappa shape index (κ1) is 20.1. The van der Waals surface area contributed by atoms with E-state index in [1.54, 1.807) is 56.5 Å². The molecule has 0 bridgehead atoms. The first-order chi connectivity index (χ1) is 13.0. The number of halogens is 1. The summed E-state index contributed by atoms with van der Waals surface area (Å²) in [6.45, 7) is 5.69. The molecule has 6 heteroatoms. The standard InChI is InChI=1S/C21H19ClN2O3/c1-4-10-27-20-12-17(26-3)9-8-15(20)11-16(13-23)21(25)24-19-7-5-6-18(22)14(19)2/h4-9,11-12H,1,10H2,2-3H3,(H,24,25)/b16-11+. The number of hydrogen-bond acceptors (Lipinski definition) is 4. The number of anilines is 1. The minimum Gasteiger partial charge on any atom is -0.497 e. The van der Waals surface area contributed by atoms with Crippen LogP contribution in [0.3, 0.4) is 0 Å². The molecular formula is C21H19ClN2O3. The minimum absolute atomic E-state index is 0.0667. The first-order valence-corrected chi connectivity index (χ1v) is 8.48. The molecular weight excluding hydrogens is 364 g/mol. The van der Waals surface area contributed by atoms with Crippen LogP contribution < -0.4 is 14.8 Å². The highest BCUT2D eigenvalue weighted by Crippen LogP contribution is 2.28. The largest absolute Gasteiger partial charge is 0.497 e. The van der Waals surface area contributed by atoms with E-state index in [0.29, 0.717) is 27.8 Å². The molecule has 27 heavy (non-hydrogen) atoms. The molecule has 0 spiro atoms. The topological polar surface area (TPSA) is 71.3 Å². The maximum absolute atomic E-state index is 12.5. The number of hydrogen-bond donors (Lipinski definition) is 1. The van der Waals surface area contributed by atoms with Crippen LogP contribution in [-0.2, 0) is 4.79 Å². The van der Waals surface area contributed by atoms with Crippen LogP contribution in [0.15, 0.2) is 54.6 Å². The zero-order chi connectivity index (χ0) is 19.8. The van der Waals surface area contributed by atoms with Crippen LogP contribution >= 0.6 is 11.6 Å². The number of nitrogens with zero attached hydrogens (tertiary/aromatic N) is 1. The second-order valence-electron chi connectivity index (χ2n) is 5.54. The summed E-state index contributed by atoms with van der Waals surface area (Å²) in [5.74, 6) is 0.547. The molecule has 0 unspecified atom stereocenters. The quantitative estimate of drug-likeness (QED) is 0.425. The van der Waals surface area contributed by atoms with Gasteiger partial charge >= 0.3 is 0 Å². The fourth-order valence-corrected chi connectivity index (χ4v) is 2.45. The van der Waals surface area contributed by atoms with Crippen molar-refractivity contribution in [2.24, 2.45) is 0 Å². The van der Waals surface area contributed by atoms with Gasteiger partial charge < -0.3 is 14.8 Å². The molecule has 0 aromatic heterocycles. The van der Waals surface area contributed by atoms with Crippen LogP contribution in [-0.4, -0.2) is 19.6 Å². The highest BCUT2D eigenvalue weighted by molar-refractivity contribution is 6.31. The molecule has 0 saturated heterocycles. The summed E-state index contributed by atoms with van der Waals surface area (Å²) in [6.07, 6.45) is 3.07. The van der Waals surface area contributed by atoms with Crippen LogP contribution in [0.5, 0.6) is 11.5 Å². The Labute approximate surface area is 163 Å². The summed E-state index contributed by atoms with van der Waals surface area (Å²) >= 11 is 6.07. The molecule has 0 saturated carbocycles. The van der Waals surface area contributed by atoms with E-state index >= 15 is 0 Å². The van der Waals surface area contributed by atoms with Crippen molar-refractivity contribution in [3.05, 3.63) is 70.8 Å². The Bertz CT molecular complexity index is 930. The summed E-state index contributed by atoms with van der Waals surface area (Å²) in [7, 11) is 1.55. The third-order valence-corrected chi connectivity index (χ3v) is 4.17. The average Bonchev–Trinajstić information content (AvgIpc) is 2.68. The third kappa shape index (κ3) is 5.13. The molecule has 138 valence electrons. The van der Waals surface area contributed by atoms with Gasteiger partial charge in [0.15, 0.2) is 0 Å². The molecule has 0 atom stereocenters. The van der Waals surface area contributed by atoms with Crippen LogP contribution in [0, 0.1) is 18.3 Å². The van der Waals surface area contributed by atoms with E-state index in [1.165, 1.54) is 6.08 Å². The summed E-state index contributed by atoms with van der Waals surface area (Å²) in [6, 6.07) is 12.2. The normalized spacial score (nSPS) is 10.7. The van der Waals surface area contributed by atoms with E-state index in [-0.39, 0.29) is 12.2 Å². The molecule has 1 N–H and O–H groups in total. The average molecular weight is 383 g/mol. The fourth-order valence-electron chi connectivity index (χ4n) is 2.27. The van der Waals surface area contributed by atoms with Crippen molar-refractivity contribution in [2.45, 2.75) is 6.92 Å². The van der Waals surface area contributed by atoms with Crippen molar-refractivity contribution in [1.82, 2.24) is 0 Å². The predicted octanol–water partition coefficient (Wildman–Crippen LogP) is 4.77. The molecule has 0 fully saturated rings. The lowest BCUT2D eigenvalue weighted by Gasteiger charge is -2.11. The van der Waals surface area contributed by atoms with Crippen molar-refractivity contribution in [3.8, 4) is 17.6 Å². The number of nitrogens with one attached hydrogen (secondary N) is 1. The minimum atomic E-state index is -0.534. The Morgan fingerprint density at radius 3 is 2.81 bits per heavy atom. The number of ether oxygens (including phenoxy) is 2. The molecule has 1 amide bonds. The molecule has 0 radical (unpaired) electrons. The third-order valence-electron chi connectivity index (χ3n) is 3.76. The van der Waals surface area contributed by atoms with Gasteiger partial charge in [-0.1, -0.05) is 30.3 Å². The molecule has 0 aliphatic heterocycles. The van der Waals surface area contributed by atoms with Crippen molar-refractivity contribution in [3.63, 3.8) is 0 Å². The van der Waals surface area contributed by atoms with E-state index in [1.807, 2.05) is 6.07 Å². The van der Waals surface area contributed by atoms with Crippen LogP contribution in [0.2, 0.25) is 5.02 Å². The van der Waals surface area contributed by atoms with E-state index in [0.717, 1.165) is 5.56 Å². The van der Waals surface area contributed by atoms with Gasteiger partial charge in [-0.2, -0.15) is 5.26 Å². The van der Waals surface area contributed by atoms with Gasteiger partial charge in [0.05, 0.1) is 7.11 Å². The monoisotopic (exact) mass is 382 g/mol. The Morgan fingerprint density at radius 1 is 1.37 bits per heavy atom. The number of amides is 1. The number of carbonyl (C=O) groups is 1. The van der Waals surface area contributed by atoms with E-state index in [2.05, 4.69) is 11.9 Å².